The zero-order valence-electron chi connectivity index (χ0n) is 15.0. The number of likely N-dealkylation sites (tertiary alicyclic amines) is 1. The Morgan fingerprint density at radius 3 is 2.39 bits per heavy atom. The molecule has 2 aromatic rings. The maximum Gasteiger partial charge on any atom is 0.416 e. The molecule has 150 valence electrons. The normalized spacial score (nSPS) is 17.6. The highest BCUT2D eigenvalue weighted by molar-refractivity contribution is 7.92. The maximum atomic E-state index is 12.6. The summed E-state index contributed by atoms with van der Waals surface area (Å²) >= 11 is 0. The third-order valence-corrected chi connectivity index (χ3v) is 6.06. The molecule has 1 N–H and O–H groups in total. The lowest BCUT2D eigenvalue weighted by molar-refractivity contribution is -0.137. The Labute approximate surface area is 161 Å². The number of alkyl halides is 3. The Kier molecular flexibility index (Phi) is 5.38. The van der Waals surface area contributed by atoms with E-state index in [9.17, 15) is 26.4 Å². The van der Waals surface area contributed by atoms with Crippen molar-refractivity contribution in [3.8, 4) is 0 Å². The molecule has 1 fully saturated rings. The number of carbonyl (C=O) groups excluding carboxylic acids is 1. The molecule has 0 saturated carbocycles. The van der Waals surface area contributed by atoms with Crippen LogP contribution in [0.15, 0.2) is 53.4 Å². The van der Waals surface area contributed by atoms with Crippen molar-refractivity contribution >= 4 is 21.6 Å². The van der Waals surface area contributed by atoms with Crippen LogP contribution >= 0.6 is 0 Å². The summed E-state index contributed by atoms with van der Waals surface area (Å²) in [6, 6.07) is 9.40. The number of anilines is 1. The SMILES string of the molecule is C[C@@H]1CCCN1C(=O)c1cccc(NS(=O)(=O)c2ccc(C(F)(F)F)cc2)c1. The van der Waals surface area contributed by atoms with Crippen LogP contribution in [0.2, 0.25) is 0 Å². The molecule has 1 heterocycles. The summed E-state index contributed by atoms with van der Waals surface area (Å²) in [6.45, 7) is 2.61. The molecule has 3 rings (SSSR count). The highest BCUT2D eigenvalue weighted by Crippen LogP contribution is 2.30. The van der Waals surface area contributed by atoms with Crippen LogP contribution in [0.4, 0.5) is 18.9 Å². The first kappa shape index (κ1) is 20.2. The minimum Gasteiger partial charge on any atom is -0.336 e. The second kappa shape index (κ2) is 7.46. The van der Waals surface area contributed by atoms with Crippen molar-refractivity contribution in [1.29, 1.82) is 0 Å². The molecule has 0 radical (unpaired) electrons. The molecule has 1 aliphatic heterocycles. The van der Waals surface area contributed by atoms with Gasteiger partial charge in [0.05, 0.1) is 10.5 Å². The number of sulfonamides is 1. The molecule has 9 heteroatoms. The van der Waals surface area contributed by atoms with E-state index < -0.39 is 21.8 Å². The highest BCUT2D eigenvalue weighted by atomic mass is 32.2. The predicted molar refractivity (Wildman–Crippen MR) is 98.4 cm³/mol. The summed E-state index contributed by atoms with van der Waals surface area (Å²) < 4.78 is 65.2. The average Bonchev–Trinajstić information content (AvgIpc) is 3.06. The number of hydrogen-bond acceptors (Lipinski definition) is 3. The van der Waals surface area contributed by atoms with Crippen LogP contribution in [0.25, 0.3) is 0 Å². The molecule has 0 aliphatic carbocycles. The van der Waals surface area contributed by atoms with Crippen molar-refractivity contribution in [3.05, 3.63) is 59.7 Å². The van der Waals surface area contributed by atoms with E-state index in [0.717, 1.165) is 25.0 Å². The zero-order chi connectivity index (χ0) is 20.5. The molecule has 0 spiro atoms. The predicted octanol–water partition coefficient (Wildman–Crippen LogP) is 4.13. The maximum absolute atomic E-state index is 12.6. The van der Waals surface area contributed by atoms with Gasteiger partial charge in [0.15, 0.2) is 0 Å². The molecule has 28 heavy (non-hydrogen) atoms. The minimum absolute atomic E-state index is 0.125. The lowest BCUT2D eigenvalue weighted by Gasteiger charge is -2.21. The van der Waals surface area contributed by atoms with Gasteiger partial charge >= 0.3 is 6.18 Å². The lowest BCUT2D eigenvalue weighted by atomic mass is 10.1. The standard InChI is InChI=1S/C19H19F3N2O3S/c1-13-4-3-11-24(13)18(25)14-5-2-6-16(12-14)23-28(26,27)17-9-7-15(8-10-17)19(20,21)22/h2,5-10,12-13,23H,3-4,11H2,1H3/t13-/m1/s1. The van der Waals surface area contributed by atoms with E-state index >= 15 is 0 Å². The van der Waals surface area contributed by atoms with Crippen LogP contribution in [0, 0.1) is 0 Å². The van der Waals surface area contributed by atoms with E-state index in [4.69, 9.17) is 0 Å². The van der Waals surface area contributed by atoms with Gasteiger partial charge in [-0.1, -0.05) is 6.07 Å². The molecule has 5 nitrogen and oxygen atoms in total. The van der Waals surface area contributed by atoms with Gasteiger partial charge in [0.1, 0.15) is 0 Å². The van der Waals surface area contributed by atoms with Crippen molar-refractivity contribution in [3.63, 3.8) is 0 Å². The van der Waals surface area contributed by atoms with Crippen molar-refractivity contribution in [2.75, 3.05) is 11.3 Å². The van der Waals surface area contributed by atoms with E-state index in [-0.39, 0.29) is 22.5 Å². The topological polar surface area (TPSA) is 66.5 Å². The Morgan fingerprint density at radius 2 is 1.82 bits per heavy atom. The van der Waals surface area contributed by atoms with E-state index in [1.807, 2.05) is 6.92 Å². The monoisotopic (exact) mass is 412 g/mol. The van der Waals surface area contributed by atoms with Crippen molar-refractivity contribution in [2.45, 2.75) is 36.9 Å². The first-order valence-corrected chi connectivity index (χ1v) is 10.2. The number of rotatable bonds is 4. The van der Waals surface area contributed by atoms with Gasteiger partial charge in [-0.25, -0.2) is 8.42 Å². The fraction of sp³-hybridized carbons (Fsp3) is 0.316. The third-order valence-electron chi connectivity index (χ3n) is 4.67. The van der Waals surface area contributed by atoms with Gasteiger partial charge in [-0.3, -0.25) is 9.52 Å². The van der Waals surface area contributed by atoms with E-state index in [2.05, 4.69) is 4.72 Å². The first-order valence-electron chi connectivity index (χ1n) is 8.69. The Bertz CT molecular complexity index is 973. The number of nitrogens with one attached hydrogen (secondary N) is 1. The smallest absolute Gasteiger partial charge is 0.336 e. The average molecular weight is 412 g/mol. The van der Waals surface area contributed by atoms with Crippen LogP contribution in [-0.2, 0) is 16.2 Å². The van der Waals surface area contributed by atoms with Gasteiger partial charge < -0.3 is 4.90 Å². The number of hydrogen-bond donors (Lipinski definition) is 1. The van der Waals surface area contributed by atoms with E-state index in [1.165, 1.54) is 12.1 Å². The van der Waals surface area contributed by atoms with Crippen LogP contribution in [0.5, 0.6) is 0 Å². The van der Waals surface area contributed by atoms with E-state index in [0.29, 0.717) is 24.2 Å². The van der Waals surface area contributed by atoms with Gasteiger partial charge in [0, 0.05) is 23.8 Å². The van der Waals surface area contributed by atoms with Crippen molar-refractivity contribution in [1.82, 2.24) is 4.90 Å². The molecule has 0 unspecified atom stereocenters. The van der Waals surface area contributed by atoms with Crippen LogP contribution in [0.3, 0.4) is 0 Å². The summed E-state index contributed by atoms with van der Waals surface area (Å²) in [5.74, 6) is -0.180. The second-order valence-corrected chi connectivity index (χ2v) is 8.38. The first-order chi connectivity index (χ1) is 13.1. The highest BCUT2D eigenvalue weighted by Gasteiger charge is 2.31. The summed E-state index contributed by atoms with van der Waals surface area (Å²) in [6.07, 6.45) is -2.70. The molecule has 0 bridgehead atoms. The fourth-order valence-corrected chi connectivity index (χ4v) is 4.20. The number of halogens is 3. The zero-order valence-corrected chi connectivity index (χ0v) is 15.8. The Morgan fingerprint density at radius 1 is 1.14 bits per heavy atom. The van der Waals surface area contributed by atoms with Crippen LogP contribution in [-0.4, -0.2) is 31.8 Å². The molecular weight excluding hydrogens is 393 g/mol. The summed E-state index contributed by atoms with van der Waals surface area (Å²) in [7, 11) is -4.09. The van der Waals surface area contributed by atoms with Crippen molar-refractivity contribution in [2.24, 2.45) is 0 Å². The number of amides is 1. The van der Waals surface area contributed by atoms with Crippen molar-refractivity contribution < 1.29 is 26.4 Å². The van der Waals surface area contributed by atoms with Gasteiger partial charge in [-0.05, 0) is 62.2 Å². The van der Waals surface area contributed by atoms with Gasteiger partial charge in [0.2, 0.25) is 0 Å². The summed E-state index contributed by atoms with van der Waals surface area (Å²) in [5, 5.41) is 0. The molecule has 1 amide bonds. The second-order valence-electron chi connectivity index (χ2n) is 6.70. The Balaban J connectivity index is 1.80. The molecule has 2 aromatic carbocycles. The van der Waals surface area contributed by atoms with Crippen LogP contribution in [0.1, 0.15) is 35.7 Å². The van der Waals surface area contributed by atoms with Gasteiger partial charge in [-0.2, -0.15) is 13.2 Å². The molecule has 0 aromatic heterocycles. The quantitative estimate of drug-likeness (QED) is 0.821. The number of carbonyl (C=O) groups is 1. The van der Waals surface area contributed by atoms with Gasteiger partial charge in [-0.15, -0.1) is 0 Å². The Hall–Kier alpha value is -2.55. The summed E-state index contributed by atoms with van der Waals surface area (Å²) in [5.41, 5.74) is -0.419. The van der Waals surface area contributed by atoms with Crippen LogP contribution < -0.4 is 4.72 Å². The minimum atomic E-state index is -4.54. The molecule has 1 saturated heterocycles. The number of benzene rings is 2. The summed E-state index contributed by atoms with van der Waals surface area (Å²) in [4.78, 5) is 14.1. The molecule has 1 atom stereocenters. The fourth-order valence-electron chi connectivity index (χ4n) is 3.15. The largest absolute Gasteiger partial charge is 0.416 e. The van der Waals surface area contributed by atoms with E-state index in [1.54, 1.807) is 17.0 Å². The lowest BCUT2D eigenvalue weighted by Crippen LogP contribution is -2.33. The molecular formula is C19H19F3N2O3S. The number of nitrogens with zero attached hydrogens (tertiary/aromatic N) is 1. The third kappa shape index (κ3) is 4.30. The molecule has 1 aliphatic rings. The van der Waals surface area contributed by atoms with Gasteiger partial charge in [0.25, 0.3) is 15.9 Å².